The SMILES string of the molecule is Cc1ccc(N2C(=O)/C(=C\c3cccn3-c3ccccc3)C(=O)NC2=S)cc1C. The van der Waals surface area contributed by atoms with Crippen LogP contribution in [0.3, 0.4) is 0 Å². The molecule has 4 rings (SSSR count). The van der Waals surface area contributed by atoms with Crippen LogP contribution in [0, 0.1) is 13.8 Å². The van der Waals surface area contributed by atoms with Gasteiger partial charge in [0.1, 0.15) is 5.57 Å². The smallest absolute Gasteiger partial charge is 0.270 e. The quantitative estimate of drug-likeness (QED) is 0.411. The number of anilines is 1. The molecule has 0 bridgehead atoms. The topological polar surface area (TPSA) is 54.3 Å². The number of carbonyl (C=O) groups is 2. The molecule has 29 heavy (non-hydrogen) atoms. The van der Waals surface area contributed by atoms with Crippen LogP contribution >= 0.6 is 12.2 Å². The molecule has 0 spiro atoms. The number of hydrogen-bond donors (Lipinski definition) is 1. The normalized spacial score (nSPS) is 15.7. The number of aryl methyl sites for hydroxylation is 2. The van der Waals surface area contributed by atoms with Crippen molar-refractivity contribution < 1.29 is 9.59 Å². The van der Waals surface area contributed by atoms with Gasteiger partial charge in [0, 0.05) is 17.6 Å². The highest BCUT2D eigenvalue weighted by molar-refractivity contribution is 7.80. The predicted octanol–water partition coefficient (Wildman–Crippen LogP) is 3.93. The standard InChI is InChI=1S/C23H19N3O2S/c1-15-10-11-19(13-16(15)2)26-22(28)20(21(27)24-23(26)29)14-18-9-6-12-25(18)17-7-4-3-5-8-17/h3-14H,1-2H3,(H,24,27,29)/b20-14-. The highest BCUT2D eigenvalue weighted by Gasteiger charge is 2.34. The number of thiocarbonyl (C=S) groups is 1. The van der Waals surface area contributed by atoms with E-state index in [1.54, 1.807) is 6.08 Å². The molecule has 1 saturated heterocycles. The zero-order valence-electron chi connectivity index (χ0n) is 16.0. The Hall–Kier alpha value is -3.51. The zero-order valence-corrected chi connectivity index (χ0v) is 16.9. The fourth-order valence-electron chi connectivity index (χ4n) is 3.24. The van der Waals surface area contributed by atoms with Crippen LogP contribution in [0.5, 0.6) is 0 Å². The van der Waals surface area contributed by atoms with Crippen molar-refractivity contribution in [2.45, 2.75) is 13.8 Å². The Morgan fingerprint density at radius 1 is 0.897 bits per heavy atom. The van der Waals surface area contributed by atoms with Gasteiger partial charge in [-0.3, -0.25) is 19.8 Å². The van der Waals surface area contributed by atoms with Crippen LogP contribution in [-0.2, 0) is 9.59 Å². The Morgan fingerprint density at radius 2 is 1.66 bits per heavy atom. The minimum atomic E-state index is -0.499. The number of benzene rings is 2. The first-order valence-corrected chi connectivity index (χ1v) is 9.58. The Labute approximate surface area is 174 Å². The molecule has 0 unspecified atom stereocenters. The van der Waals surface area contributed by atoms with E-state index in [-0.39, 0.29) is 10.7 Å². The molecular formula is C23H19N3O2S. The number of carbonyl (C=O) groups excluding carboxylic acids is 2. The van der Waals surface area contributed by atoms with Gasteiger partial charge in [-0.2, -0.15) is 0 Å². The van der Waals surface area contributed by atoms with E-state index >= 15 is 0 Å². The summed E-state index contributed by atoms with van der Waals surface area (Å²) in [5.41, 5.74) is 4.49. The van der Waals surface area contributed by atoms with E-state index in [0.717, 1.165) is 22.5 Å². The van der Waals surface area contributed by atoms with E-state index in [2.05, 4.69) is 5.32 Å². The third kappa shape index (κ3) is 3.50. The van der Waals surface area contributed by atoms with E-state index < -0.39 is 11.8 Å². The van der Waals surface area contributed by atoms with Crippen molar-refractivity contribution in [3.05, 3.63) is 89.3 Å². The predicted molar refractivity (Wildman–Crippen MR) is 118 cm³/mol. The highest BCUT2D eigenvalue weighted by atomic mass is 32.1. The molecular weight excluding hydrogens is 382 g/mol. The first-order chi connectivity index (χ1) is 14.0. The molecule has 0 radical (unpaired) electrons. The highest BCUT2D eigenvalue weighted by Crippen LogP contribution is 2.25. The van der Waals surface area contributed by atoms with Crippen molar-refractivity contribution in [3.63, 3.8) is 0 Å². The maximum absolute atomic E-state index is 13.2. The molecule has 6 heteroatoms. The Morgan fingerprint density at radius 3 is 2.38 bits per heavy atom. The maximum atomic E-state index is 13.2. The lowest BCUT2D eigenvalue weighted by molar-refractivity contribution is -0.122. The van der Waals surface area contributed by atoms with Gasteiger partial charge < -0.3 is 4.57 Å². The third-order valence-corrected chi connectivity index (χ3v) is 5.24. The van der Waals surface area contributed by atoms with Crippen molar-refractivity contribution in [2.24, 2.45) is 0 Å². The molecule has 1 fully saturated rings. The van der Waals surface area contributed by atoms with E-state index in [0.29, 0.717) is 5.69 Å². The molecule has 2 amide bonds. The lowest BCUT2D eigenvalue weighted by Gasteiger charge is -2.29. The number of amides is 2. The monoisotopic (exact) mass is 401 g/mol. The number of aromatic nitrogens is 1. The molecule has 144 valence electrons. The zero-order chi connectivity index (χ0) is 20.5. The molecule has 1 N–H and O–H groups in total. The fraction of sp³-hybridized carbons (Fsp3) is 0.0870. The Balaban J connectivity index is 1.75. The average Bonchev–Trinajstić information content (AvgIpc) is 3.17. The van der Waals surface area contributed by atoms with Crippen LogP contribution in [0.25, 0.3) is 11.8 Å². The number of hydrogen-bond acceptors (Lipinski definition) is 3. The van der Waals surface area contributed by atoms with Crippen LogP contribution < -0.4 is 10.2 Å². The minimum absolute atomic E-state index is 0.0349. The number of nitrogens with zero attached hydrogens (tertiary/aromatic N) is 2. The van der Waals surface area contributed by atoms with Gasteiger partial charge >= 0.3 is 0 Å². The summed E-state index contributed by atoms with van der Waals surface area (Å²) in [5, 5.41) is 2.72. The van der Waals surface area contributed by atoms with Crippen molar-refractivity contribution in [2.75, 3.05) is 4.90 Å². The van der Waals surface area contributed by atoms with Crippen LogP contribution in [0.4, 0.5) is 5.69 Å². The van der Waals surface area contributed by atoms with Gasteiger partial charge in [0.05, 0.1) is 5.69 Å². The largest absolute Gasteiger partial charge is 0.317 e. The van der Waals surface area contributed by atoms with Gasteiger partial charge in [0.15, 0.2) is 5.11 Å². The maximum Gasteiger partial charge on any atom is 0.270 e. The first-order valence-electron chi connectivity index (χ1n) is 9.17. The molecule has 5 nitrogen and oxygen atoms in total. The second-order valence-electron chi connectivity index (χ2n) is 6.87. The van der Waals surface area contributed by atoms with Crippen LogP contribution in [-0.4, -0.2) is 21.5 Å². The Bertz CT molecular complexity index is 1160. The fourth-order valence-corrected chi connectivity index (χ4v) is 3.52. The number of nitrogens with one attached hydrogen (secondary N) is 1. The summed E-state index contributed by atoms with van der Waals surface area (Å²) >= 11 is 5.28. The molecule has 3 aromatic rings. The van der Waals surface area contributed by atoms with Crippen molar-refractivity contribution in [3.8, 4) is 5.69 Å². The summed E-state index contributed by atoms with van der Waals surface area (Å²) in [4.78, 5) is 27.1. The third-order valence-electron chi connectivity index (χ3n) is 4.96. The Kier molecular flexibility index (Phi) is 4.86. The molecule has 2 heterocycles. The van der Waals surface area contributed by atoms with Crippen LogP contribution in [0.2, 0.25) is 0 Å². The molecule has 1 aromatic heterocycles. The first kappa shape index (κ1) is 18.8. The summed E-state index contributed by atoms with van der Waals surface area (Å²) in [6.45, 7) is 3.97. The molecule has 1 aliphatic heterocycles. The van der Waals surface area contributed by atoms with Crippen LogP contribution in [0.15, 0.2) is 72.4 Å². The van der Waals surface area contributed by atoms with Gasteiger partial charge in [-0.25, -0.2) is 0 Å². The summed E-state index contributed by atoms with van der Waals surface area (Å²) < 4.78 is 1.92. The van der Waals surface area contributed by atoms with E-state index in [4.69, 9.17) is 12.2 Å². The van der Waals surface area contributed by atoms with Gasteiger partial charge in [0.25, 0.3) is 11.8 Å². The lowest BCUT2D eigenvalue weighted by Crippen LogP contribution is -2.54. The number of rotatable bonds is 3. The summed E-state index contributed by atoms with van der Waals surface area (Å²) in [6, 6.07) is 19.1. The molecule has 1 aliphatic rings. The van der Waals surface area contributed by atoms with Crippen molar-refractivity contribution >= 4 is 40.9 Å². The van der Waals surface area contributed by atoms with Gasteiger partial charge in [-0.15, -0.1) is 0 Å². The van der Waals surface area contributed by atoms with Crippen molar-refractivity contribution in [1.29, 1.82) is 0 Å². The number of para-hydroxylation sites is 1. The van der Waals surface area contributed by atoms with Gasteiger partial charge in [0.2, 0.25) is 0 Å². The van der Waals surface area contributed by atoms with E-state index in [1.165, 1.54) is 4.90 Å². The summed E-state index contributed by atoms with van der Waals surface area (Å²) in [7, 11) is 0. The van der Waals surface area contributed by atoms with Crippen molar-refractivity contribution in [1.82, 2.24) is 9.88 Å². The summed E-state index contributed by atoms with van der Waals surface area (Å²) in [6.07, 6.45) is 3.49. The molecule has 2 aromatic carbocycles. The molecule has 0 saturated carbocycles. The second kappa shape index (κ2) is 7.48. The van der Waals surface area contributed by atoms with Crippen LogP contribution in [0.1, 0.15) is 16.8 Å². The van der Waals surface area contributed by atoms with Gasteiger partial charge in [-0.1, -0.05) is 24.3 Å². The molecule has 0 aliphatic carbocycles. The van der Waals surface area contributed by atoms with Gasteiger partial charge in [-0.05, 0) is 79.7 Å². The molecule has 0 atom stereocenters. The summed E-state index contributed by atoms with van der Waals surface area (Å²) in [5.74, 6) is -0.941. The average molecular weight is 401 g/mol. The van der Waals surface area contributed by atoms with E-state index in [9.17, 15) is 9.59 Å². The minimum Gasteiger partial charge on any atom is -0.317 e. The van der Waals surface area contributed by atoms with E-state index in [1.807, 2.05) is 85.3 Å². The second-order valence-corrected chi connectivity index (χ2v) is 7.25. The lowest BCUT2D eigenvalue weighted by atomic mass is 10.1.